The van der Waals surface area contributed by atoms with Gasteiger partial charge in [-0.05, 0) is 47.2 Å². The van der Waals surface area contributed by atoms with Crippen LogP contribution < -0.4 is 0 Å². The first-order chi connectivity index (χ1) is 10.2. The summed E-state index contributed by atoms with van der Waals surface area (Å²) in [4.78, 5) is 0. The van der Waals surface area contributed by atoms with Gasteiger partial charge in [-0.1, -0.05) is 66.7 Å². The zero-order valence-corrected chi connectivity index (χ0v) is 12.3. The first kappa shape index (κ1) is 13.8. The Bertz CT molecular complexity index is 740. The highest BCUT2D eigenvalue weighted by atomic mass is 16.3. The third-order valence-electron chi connectivity index (χ3n) is 4.05. The van der Waals surface area contributed by atoms with E-state index < -0.39 is 0 Å². The summed E-state index contributed by atoms with van der Waals surface area (Å²) in [5, 5.41) is 12.9. The standard InChI is InChI=1S/C20H20O/c1-15-7-2-3-9-17(15)13-19(21)14-18-11-6-10-16-8-4-5-12-20(16)18/h2-12,19,21H,13-14H2,1H3. The van der Waals surface area contributed by atoms with E-state index >= 15 is 0 Å². The van der Waals surface area contributed by atoms with Crippen molar-refractivity contribution in [2.75, 3.05) is 0 Å². The van der Waals surface area contributed by atoms with Crippen molar-refractivity contribution in [3.05, 3.63) is 83.4 Å². The molecule has 0 aliphatic rings. The summed E-state index contributed by atoms with van der Waals surface area (Å²) in [6.07, 6.45) is 1.04. The minimum absolute atomic E-state index is 0.350. The molecule has 0 saturated heterocycles. The monoisotopic (exact) mass is 276 g/mol. The zero-order chi connectivity index (χ0) is 14.7. The predicted octanol–water partition coefficient (Wildman–Crippen LogP) is 4.29. The van der Waals surface area contributed by atoms with Gasteiger partial charge in [-0.3, -0.25) is 0 Å². The second-order valence-electron chi connectivity index (χ2n) is 5.63. The Kier molecular flexibility index (Phi) is 4.03. The Morgan fingerprint density at radius 2 is 1.38 bits per heavy atom. The van der Waals surface area contributed by atoms with Crippen molar-refractivity contribution in [2.45, 2.75) is 25.9 Å². The van der Waals surface area contributed by atoms with Crippen LogP contribution in [0.3, 0.4) is 0 Å². The highest BCUT2D eigenvalue weighted by Gasteiger charge is 2.10. The third-order valence-corrected chi connectivity index (χ3v) is 4.05. The number of rotatable bonds is 4. The van der Waals surface area contributed by atoms with Crippen LogP contribution in [-0.2, 0) is 12.8 Å². The van der Waals surface area contributed by atoms with Crippen LogP contribution in [0.5, 0.6) is 0 Å². The summed E-state index contributed by atoms with van der Waals surface area (Å²) in [7, 11) is 0. The van der Waals surface area contributed by atoms with Crippen molar-refractivity contribution in [3.8, 4) is 0 Å². The molecule has 0 aromatic heterocycles. The summed E-state index contributed by atoms with van der Waals surface area (Å²) in [5.74, 6) is 0. The van der Waals surface area contributed by atoms with Crippen LogP contribution in [0, 0.1) is 6.92 Å². The van der Waals surface area contributed by atoms with Crippen LogP contribution in [0.2, 0.25) is 0 Å². The molecule has 0 amide bonds. The van der Waals surface area contributed by atoms with Crippen LogP contribution in [0.4, 0.5) is 0 Å². The number of aliphatic hydroxyl groups is 1. The average Bonchev–Trinajstić information content (AvgIpc) is 2.50. The molecule has 0 aliphatic heterocycles. The van der Waals surface area contributed by atoms with E-state index in [0.29, 0.717) is 12.8 Å². The third kappa shape index (κ3) is 3.14. The molecule has 3 aromatic carbocycles. The van der Waals surface area contributed by atoms with E-state index in [0.717, 1.165) is 0 Å². The first-order valence-electron chi connectivity index (χ1n) is 7.43. The van der Waals surface area contributed by atoms with Crippen molar-refractivity contribution < 1.29 is 5.11 Å². The number of aliphatic hydroxyl groups excluding tert-OH is 1. The molecular formula is C20H20O. The minimum atomic E-state index is -0.350. The maximum atomic E-state index is 10.4. The van der Waals surface area contributed by atoms with Gasteiger partial charge in [0.05, 0.1) is 6.10 Å². The summed E-state index contributed by atoms with van der Waals surface area (Å²) in [6, 6.07) is 22.9. The van der Waals surface area contributed by atoms with Gasteiger partial charge < -0.3 is 5.11 Å². The van der Waals surface area contributed by atoms with Gasteiger partial charge in [0.1, 0.15) is 0 Å². The van der Waals surface area contributed by atoms with Crippen molar-refractivity contribution in [3.63, 3.8) is 0 Å². The molecule has 0 radical (unpaired) electrons. The predicted molar refractivity (Wildman–Crippen MR) is 88.5 cm³/mol. The lowest BCUT2D eigenvalue weighted by Gasteiger charge is -2.14. The smallest absolute Gasteiger partial charge is 0.0621 e. The van der Waals surface area contributed by atoms with Gasteiger partial charge in [0.25, 0.3) is 0 Å². The van der Waals surface area contributed by atoms with Crippen LogP contribution >= 0.6 is 0 Å². The summed E-state index contributed by atoms with van der Waals surface area (Å²) in [5.41, 5.74) is 3.69. The molecule has 106 valence electrons. The number of hydrogen-bond acceptors (Lipinski definition) is 1. The molecule has 0 aliphatic carbocycles. The fourth-order valence-corrected chi connectivity index (χ4v) is 2.89. The molecule has 0 saturated carbocycles. The van der Waals surface area contributed by atoms with E-state index in [-0.39, 0.29) is 6.10 Å². The topological polar surface area (TPSA) is 20.2 Å². The zero-order valence-electron chi connectivity index (χ0n) is 12.3. The molecule has 1 atom stereocenters. The molecule has 1 heteroatoms. The summed E-state index contributed by atoms with van der Waals surface area (Å²) < 4.78 is 0. The van der Waals surface area contributed by atoms with Crippen molar-refractivity contribution in [1.82, 2.24) is 0 Å². The molecule has 1 unspecified atom stereocenters. The van der Waals surface area contributed by atoms with E-state index in [1.807, 2.05) is 12.1 Å². The second kappa shape index (κ2) is 6.11. The fraction of sp³-hybridized carbons (Fsp3) is 0.200. The molecule has 3 aromatic rings. The van der Waals surface area contributed by atoms with Crippen LogP contribution in [-0.4, -0.2) is 11.2 Å². The lowest BCUT2D eigenvalue weighted by Crippen LogP contribution is -2.14. The van der Waals surface area contributed by atoms with Gasteiger partial charge in [0.2, 0.25) is 0 Å². The largest absolute Gasteiger partial charge is 0.392 e. The molecule has 0 heterocycles. The normalized spacial score (nSPS) is 12.5. The van der Waals surface area contributed by atoms with E-state index in [1.165, 1.54) is 27.5 Å². The van der Waals surface area contributed by atoms with Crippen molar-refractivity contribution in [1.29, 1.82) is 0 Å². The maximum Gasteiger partial charge on any atom is 0.0621 e. The van der Waals surface area contributed by atoms with Gasteiger partial charge in [-0.2, -0.15) is 0 Å². The quantitative estimate of drug-likeness (QED) is 0.753. The van der Waals surface area contributed by atoms with Crippen LogP contribution in [0.25, 0.3) is 10.8 Å². The summed E-state index contributed by atoms with van der Waals surface area (Å²) in [6.45, 7) is 2.10. The minimum Gasteiger partial charge on any atom is -0.392 e. The molecule has 0 bridgehead atoms. The highest BCUT2D eigenvalue weighted by molar-refractivity contribution is 5.85. The van der Waals surface area contributed by atoms with E-state index in [2.05, 4.69) is 61.5 Å². The van der Waals surface area contributed by atoms with Gasteiger partial charge in [0, 0.05) is 0 Å². The van der Waals surface area contributed by atoms with Crippen molar-refractivity contribution in [2.24, 2.45) is 0 Å². The number of hydrogen-bond donors (Lipinski definition) is 1. The molecule has 3 rings (SSSR count). The van der Waals surface area contributed by atoms with E-state index in [4.69, 9.17) is 0 Å². The molecule has 0 spiro atoms. The Morgan fingerprint density at radius 3 is 2.24 bits per heavy atom. The number of benzene rings is 3. The van der Waals surface area contributed by atoms with Gasteiger partial charge in [0.15, 0.2) is 0 Å². The molecule has 0 fully saturated rings. The van der Waals surface area contributed by atoms with Gasteiger partial charge in [-0.25, -0.2) is 0 Å². The Balaban J connectivity index is 1.81. The lowest BCUT2D eigenvalue weighted by atomic mass is 9.95. The van der Waals surface area contributed by atoms with Gasteiger partial charge >= 0.3 is 0 Å². The molecule has 1 N–H and O–H groups in total. The Labute approximate surface area is 125 Å². The van der Waals surface area contributed by atoms with Gasteiger partial charge in [-0.15, -0.1) is 0 Å². The second-order valence-corrected chi connectivity index (χ2v) is 5.63. The van der Waals surface area contributed by atoms with Crippen LogP contribution in [0.15, 0.2) is 66.7 Å². The number of fused-ring (bicyclic) bond motifs is 1. The Hall–Kier alpha value is -2.12. The number of aryl methyl sites for hydroxylation is 1. The van der Waals surface area contributed by atoms with Crippen molar-refractivity contribution >= 4 is 10.8 Å². The Morgan fingerprint density at radius 1 is 0.762 bits per heavy atom. The summed E-state index contributed by atoms with van der Waals surface area (Å²) >= 11 is 0. The van der Waals surface area contributed by atoms with E-state index in [1.54, 1.807) is 0 Å². The first-order valence-corrected chi connectivity index (χ1v) is 7.43. The SMILES string of the molecule is Cc1ccccc1CC(O)Cc1cccc2ccccc12. The maximum absolute atomic E-state index is 10.4. The lowest BCUT2D eigenvalue weighted by molar-refractivity contribution is 0.175. The molecule has 1 nitrogen and oxygen atoms in total. The fourth-order valence-electron chi connectivity index (χ4n) is 2.89. The molecule has 21 heavy (non-hydrogen) atoms. The highest BCUT2D eigenvalue weighted by Crippen LogP contribution is 2.21. The average molecular weight is 276 g/mol. The van der Waals surface area contributed by atoms with Crippen LogP contribution in [0.1, 0.15) is 16.7 Å². The molecular weight excluding hydrogens is 256 g/mol. The van der Waals surface area contributed by atoms with E-state index in [9.17, 15) is 5.11 Å².